The molecule has 7 nitrogen and oxygen atoms in total. The van der Waals surface area contributed by atoms with E-state index in [-0.39, 0.29) is 42.3 Å². The molecule has 0 saturated heterocycles. The maximum atomic E-state index is 11.9. The number of rotatable bonds is 11. The fourth-order valence-electron chi connectivity index (χ4n) is 3.77. The molecule has 0 aliphatic heterocycles. The number of nitrogens with one attached hydrogen (secondary N) is 3. The van der Waals surface area contributed by atoms with Crippen molar-refractivity contribution in [3.63, 3.8) is 0 Å². The van der Waals surface area contributed by atoms with Crippen LogP contribution >= 0.6 is 12.4 Å². The molecule has 8 heteroatoms. The number of phenols is 1. The zero-order valence-corrected chi connectivity index (χ0v) is 19.6. The van der Waals surface area contributed by atoms with E-state index in [4.69, 9.17) is 0 Å². The molecule has 3 aromatic rings. The van der Waals surface area contributed by atoms with Gasteiger partial charge in [0.15, 0.2) is 0 Å². The molecule has 1 unspecified atom stereocenters. The second-order valence-electron chi connectivity index (χ2n) is 7.93. The van der Waals surface area contributed by atoms with Crippen LogP contribution in [0.2, 0.25) is 0 Å². The Bertz CT molecular complexity index is 1120. The predicted molar refractivity (Wildman–Crippen MR) is 134 cm³/mol. The quantitative estimate of drug-likeness (QED) is 0.270. The number of aromatic amines is 1. The van der Waals surface area contributed by atoms with Gasteiger partial charge >= 0.3 is 0 Å². The van der Waals surface area contributed by atoms with E-state index in [1.54, 1.807) is 12.1 Å². The zero-order chi connectivity index (χ0) is 22.9. The van der Waals surface area contributed by atoms with Crippen molar-refractivity contribution in [3.8, 4) is 5.75 Å². The number of carbonyl (C=O) groups excluding carboxylic acids is 1. The van der Waals surface area contributed by atoms with Crippen molar-refractivity contribution in [1.82, 2.24) is 10.3 Å². The standard InChI is InChI=1S/C25H31N3O4.ClH/c1-2-3-9-23(31)27-18-8-4-6-17(15-18)7-5-14-26-21(16-29)19-10-12-22(30)25-20(19)11-13-24(32)28-25;/h4,6,8,10-13,15,21,26,29-30H,2-3,5,7,9,14,16H2,1H3,(H,27,31)(H,28,32);1H. The molecule has 1 heterocycles. The number of anilines is 1. The Labute approximate surface area is 199 Å². The van der Waals surface area contributed by atoms with E-state index in [0.717, 1.165) is 42.5 Å². The van der Waals surface area contributed by atoms with Gasteiger partial charge < -0.3 is 25.8 Å². The Balaban J connectivity index is 0.00000385. The Hall–Kier alpha value is -2.87. The number of H-pyrrole nitrogens is 1. The molecule has 0 aliphatic carbocycles. The Morgan fingerprint density at radius 1 is 1.12 bits per heavy atom. The SMILES string of the molecule is CCCCC(=O)Nc1cccc(CCCNC(CO)c2ccc(O)c3[nH]c(=O)ccc23)c1.Cl. The van der Waals surface area contributed by atoms with Gasteiger partial charge in [0.25, 0.3) is 0 Å². The number of hydrogen-bond donors (Lipinski definition) is 5. The summed E-state index contributed by atoms with van der Waals surface area (Å²) >= 11 is 0. The minimum Gasteiger partial charge on any atom is -0.506 e. The number of aliphatic hydroxyl groups excluding tert-OH is 1. The van der Waals surface area contributed by atoms with Crippen LogP contribution in [0.1, 0.15) is 49.8 Å². The number of fused-ring (bicyclic) bond motifs is 1. The average molecular weight is 474 g/mol. The summed E-state index contributed by atoms with van der Waals surface area (Å²) in [6, 6.07) is 13.9. The van der Waals surface area contributed by atoms with Crippen molar-refractivity contribution in [1.29, 1.82) is 0 Å². The minimum absolute atomic E-state index is 0. The maximum absolute atomic E-state index is 11.9. The van der Waals surface area contributed by atoms with Gasteiger partial charge in [0.1, 0.15) is 5.75 Å². The van der Waals surface area contributed by atoms with Gasteiger partial charge in [0.05, 0.1) is 18.2 Å². The van der Waals surface area contributed by atoms with E-state index in [0.29, 0.717) is 23.9 Å². The highest BCUT2D eigenvalue weighted by molar-refractivity contribution is 5.90. The molecule has 0 saturated carbocycles. The summed E-state index contributed by atoms with van der Waals surface area (Å²) in [6.45, 7) is 2.62. The molecular weight excluding hydrogens is 442 g/mol. The molecule has 0 radical (unpaired) electrons. The summed E-state index contributed by atoms with van der Waals surface area (Å²) in [5.41, 5.74) is 2.84. The first kappa shape index (κ1) is 26.4. The molecule has 0 aliphatic rings. The van der Waals surface area contributed by atoms with Crippen molar-refractivity contribution in [2.75, 3.05) is 18.5 Å². The van der Waals surface area contributed by atoms with Crippen molar-refractivity contribution in [3.05, 3.63) is 70.0 Å². The highest BCUT2D eigenvalue weighted by Crippen LogP contribution is 2.28. The summed E-state index contributed by atoms with van der Waals surface area (Å²) < 4.78 is 0. The van der Waals surface area contributed by atoms with E-state index in [2.05, 4.69) is 22.5 Å². The molecule has 3 rings (SSSR count). The number of amides is 1. The first-order valence-electron chi connectivity index (χ1n) is 11.1. The molecule has 2 aromatic carbocycles. The highest BCUT2D eigenvalue weighted by atomic mass is 35.5. The fraction of sp³-hybridized carbons (Fsp3) is 0.360. The first-order valence-corrected chi connectivity index (χ1v) is 11.1. The molecule has 5 N–H and O–H groups in total. The van der Waals surface area contributed by atoms with E-state index < -0.39 is 0 Å². The molecule has 0 fully saturated rings. The molecule has 178 valence electrons. The zero-order valence-electron chi connectivity index (χ0n) is 18.8. The Morgan fingerprint density at radius 2 is 1.94 bits per heavy atom. The van der Waals surface area contributed by atoms with Crippen LogP contribution in [0.25, 0.3) is 10.9 Å². The Kier molecular flexibility index (Phi) is 10.4. The summed E-state index contributed by atoms with van der Waals surface area (Å²) in [4.78, 5) is 26.2. The van der Waals surface area contributed by atoms with Crippen molar-refractivity contribution in [2.45, 2.75) is 45.1 Å². The number of aryl methyl sites for hydroxylation is 1. The number of aromatic hydroxyl groups is 1. The lowest BCUT2D eigenvalue weighted by Crippen LogP contribution is -2.26. The number of unbranched alkanes of at least 4 members (excludes halogenated alkanes) is 1. The van der Waals surface area contributed by atoms with Gasteiger partial charge in [-0.3, -0.25) is 9.59 Å². The number of benzene rings is 2. The smallest absolute Gasteiger partial charge is 0.248 e. The van der Waals surface area contributed by atoms with Crippen LogP contribution < -0.4 is 16.2 Å². The van der Waals surface area contributed by atoms with E-state index in [1.165, 1.54) is 12.1 Å². The average Bonchev–Trinajstić information content (AvgIpc) is 2.79. The van der Waals surface area contributed by atoms with Crippen LogP contribution in [0.15, 0.2) is 53.3 Å². The third-order valence-corrected chi connectivity index (χ3v) is 5.47. The van der Waals surface area contributed by atoms with Gasteiger partial charge in [0, 0.05) is 23.6 Å². The van der Waals surface area contributed by atoms with Crippen LogP contribution in [0, 0.1) is 0 Å². The summed E-state index contributed by atoms with van der Waals surface area (Å²) in [5, 5.41) is 27.0. The Morgan fingerprint density at radius 3 is 2.70 bits per heavy atom. The van der Waals surface area contributed by atoms with Crippen LogP contribution in [0.3, 0.4) is 0 Å². The van der Waals surface area contributed by atoms with Gasteiger partial charge in [-0.05, 0) is 61.2 Å². The largest absolute Gasteiger partial charge is 0.506 e. The number of carbonyl (C=O) groups is 1. The van der Waals surface area contributed by atoms with Gasteiger partial charge in [-0.2, -0.15) is 0 Å². The molecule has 0 bridgehead atoms. The molecule has 1 atom stereocenters. The summed E-state index contributed by atoms with van der Waals surface area (Å²) in [6.07, 6.45) is 4.08. The molecule has 33 heavy (non-hydrogen) atoms. The van der Waals surface area contributed by atoms with Gasteiger partial charge in [-0.15, -0.1) is 12.4 Å². The van der Waals surface area contributed by atoms with Crippen molar-refractivity contribution >= 4 is 34.9 Å². The second kappa shape index (κ2) is 13.0. The van der Waals surface area contributed by atoms with Crippen molar-refractivity contribution in [2.24, 2.45) is 0 Å². The predicted octanol–water partition coefficient (Wildman–Crippen LogP) is 4.04. The van der Waals surface area contributed by atoms with Crippen molar-refractivity contribution < 1.29 is 15.0 Å². The van der Waals surface area contributed by atoms with Crippen LogP contribution in [-0.2, 0) is 11.2 Å². The molecule has 1 aromatic heterocycles. The highest BCUT2D eigenvalue weighted by Gasteiger charge is 2.15. The topological polar surface area (TPSA) is 114 Å². The van der Waals surface area contributed by atoms with Gasteiger partial charge in [-0.1, -0.05) is 31.5 Å². The lowest BCUT2D eigenvalue weighted by atomic mass is 10.0. The van der Waals surface area contributed by atoms with E-state index in [9.17, 15) is 19.8 Å². The summed E-state index contributed by atoms with van der Waals surface area (Å²) in [7, 11) is 0. The second-order valence-corrected chi connectivity index (χ2v) is 7.93. The van der Waals surface area contributed by atoms with E-state index >= 15 is 0 Å². The summed E-state index contributed by atoms with van der Waals surface area (Å²) in [5.74, 6) is 0.0405. The third-order valence-electron chi connectivity index (χ3n) is 5.47. The number of hydrogen-bond acceptors (Lipinski definition) is 5. The van der Waals surface area contributed by atoms with Crippen LogP contribution in [-0.4, -0.2) is 34.3 Å². The lowest BCUT2D eigenvalue weighted by Gasteiger charge is -2.19. The monoisotopic (exact) mass is 473 g/mol. The number of halogens is 1. The molecule has 0 spiro atoms. The minimum atomic E-state index is -0.326. The number of pyridine rings is 1. The number of phenolic OH excluding ortho intramolecular Hbond substituents is 1. The van der Waals surface area contributed by atoms with Gasteiger partial charge in [0.2, 0.25) is 11.5 Å². The molecule has 1 amide bonds. The lowest BCUT2D eigenvalue weighted by molar-refractivity contribution is -0.116. The van der Waals surface area contributed by atoms with Crippen LogP contribution in [0.5, 0.6) is 5.75 Å². The normalized spacial score (nSPS) is 11.7. The van der Waals surface area contributed by atoms with E-state index in [1.807, 2.05) is 24.3 Å². The third kappa shape index (κ3) is 7.32. The number of aromatic nitrogens is 1. The fourth-order valence-corrected chi connectivity index (χ4v) is 3.77. The number of aliphatic hydroxyl groups is 1. The first-order chi connectivity index (χ1) is 15.5. The molecular formula is C25H32ClN3O4. The van der Waals surface area contributed by atoms with Crippen LogP contribution in [0.4, 0.5) is 5.69 Å². The van der Waals surface area contributed by atoms with Gasteiger partial charge in [-0.25, -0.2) is 0 Å². The maximum Gasteiger partial charge on any atom is 0.248 e.